The molecule has 0 bridgehead atoms. The van der Waals surface area contributed by atoms with Gasteiger partial charge in [-0.15, -0.1) is 0 Å². The molecule has 0 saturated carbocycles. The molecule has 0 unspecified atom stereocenters. The van der Waals surface area contributed by atoms with Crippen LogP contribution >= 0.6 is 0 Å². The number of fused-ring (bicyclic) bond motifs is 1. The maximum Gasteiger partial charge on any atom is 0.258 e. The van der Waals surface area contributed by atoms with E-state index in [0.29, 0.717) is 11.4 Å². The van der Waals surface area contributed by atoms with E-state index in [-0.39, 0.29) is 16.4 Å². The van der Waals surface area contributed by atoms with Crippen molar-refractivity contribution < 1.29 is 0 Å². The van der Waals surface area contributed by atoms with Crippen molar-refractivity contribution in [2.45, 2.75) is 72.0 Å². The first-order valence-electron chi connectivity index (χ1n) is 16.0. The zero-order chi connectivity index (χ0) is 33.0. The highest BCUT2D eigenvalue weighted by atomic mass is 28.3. The van der Waals surface area contributed by atoms with E-state index < -0.39 is 8.07 Å². The SMILES string of the molecule is CC(C)(C)c1cc(-c2ccc([Si](C)(C)C)cn2)cc(-c2cccc3c2nc(-c2cc(C(C)(C)C)c[nH]c2=O)n3-c2ccccc2)c1. The minimum atomic E-state index is -1.47. The summed E-state index contributed by atoms with van der Waals surface area (Å²) in [6.07, 6.45) is 3.87. The van der Waals surface area contributed by atoms with Gasteiger partial charge in [0.05, 0.1) is 30.4 Å². The number of aromatic amines is 1. The lowest BCUT2D eigenvalue weighted by atomic mass is 9.83. The predicted octanol–water partition coefficient (Wildman–Crippen LogP) is 9.25. The van der Waals surface area contributed by atoms with E-state index in [1.54, 1.807) is 0 Å². The average molecular weight is 625 g/mol. The van der Waals surface area contributed by atoms with Crippen molar-refractivity contribution in [3.63, 3.8) is 0 Å². The van der Waals surface area contributed by atoms with Crippen molar-refractivity contribution in [2.24, 2.45) is 0 Å². The molecule has 46 heavy (non-hydrogen) atoms. The Bertz CT molecular complexity index is 2100. The quantitative estimate of drug-likeness (QED) is 0.195. The van der Waals surface area contributed by atoms with Gasteiger partial charge in [-0.1, -0.05) is 104 Å². The number of hydrogen-bond acceptors (Lipinski definition) is 3. The van der Waals surface area contributed by atoms with E-state index in [4.69, 9.17) is 9.97 Å². The van der Waals surface area contributed by atoms with Gasteiger partial charge < -0.3 is 4.98 Å². The molecule has 234 valence electrons. The molecule has 0 aliphatic heterocycles. The molecule has 1 N–H and O–H groups in total. The van der Waals surface area contributed by atoms with Crippen molar-refractivity contribution in [1.82, 2.24) is 19.5 Å². The summed E-state index contributed by atoms with van der Waals surface area (Å²) >= 11 is 0. The zero-order valence-electron chi connectivity index (χ0n) is 28.5. The van der Waals surface area contributed by atoms with Crippen LogP contribution in [0.1, 0.15) is 52.7 Å². The Hall–Kier alpha value is -4.55. The Labute approximate surface area is 273 Å². The second kappa shape index (κ2) is 11.4. The van der Waals surface area contributed by atoms with Crippen LogP contribution in [-0.2, 0) is 10.8 Å². The molecule has 0 atom stereocenters. The summed E-state index contributed by atoms with van der Waals surface area (Å²) in [6.45, 7) is 20.2. The summed E-state index contributed by atoms with van der Waals surface area (Å²) in [4.78, 5) is 26.7. The van der Waals surface area contributed by atoms with Gasteiger partial charge in [0.15, 0.2) is 5.82 Å². The number of nitrogens with zero attached hydrogens (tertiary/aromatic N) is 3. The lowest BCUT2D eigenvalue weighted by Gasteiger charge is -2.22. The maximum atomic E-state index is 13.4. The first-order chi connectivity index (χ1) is 21.6. The van der Waals surface area contributed by atoms with Gasteiger partial charge in [0.25, 0.3) is 5.56 Å². The Kier molecular flexibility index (Phi) is 7.76. The number of nitrogens with one attached hydrogen (secondary N) is 1. The summed E-state index contributed by atoms with van der Waals surface area (Å²) in [5, 5.41) is 1.35. The number of rotatable bonds is 5. The molecule has 0 spiro atoms. The topological polar surface area (TPSA) is 63.6 Å². The van der Waals surface area contributed by atoms with Crippen LogP contribution in [-0.4, -0.2) is 27.6 Å². The van der Waals surface area contributed by atoms with Crippen molar-refractivity contribution in [3.05, 3.63) is 119 Å². The minimum absolute atomic E-state index is 0.0772. The summed E-state index contributed by atoms with van der Waals surface area (Å²) in [5.74, 6) is 0.622. The van der Waals surface area contributed by atoms with Crippen LogP contribution < -0.4 is 10.7 Å². The van der Waals surface area contributed by atoms with Gasteiger partial charge in [-0.2, -0.15) is 0 Å². The van der Waals surface area contributed by atoms with Crippen LogP contribution in [0, 0.1) is 0 Å². The predicted molar refractivity (Wildman–Crippen MR) is 196 cm³/mol. The number of hydrogen-bond donors (Lipinski definition) is 1. The number of H-pyrrole nitrogens is 1. The van der Waals surface area contributed by atoms with Crippen LogP contribution in [0.15, 0.2) is 102 Å². The van der Waals surface area contributed by atoms with Crippen molar-refractivity contribution in [3.8, 4) is 39.5 Å². The standard InChI is InChI=1S/C40H44N4OSi/c1-39(2,3)28-21-26(20-27(22-28)34-19-18-31(25-41-34)46(7,8)9)32-16-13-17-35-36(32)43-37(44(35)30-14-11-10-12-15-30)33-23-29(40(4,5)6)24-42-38(33)45/h10-25H,1-9H3,(H,42,45). The second-order valence-electron chi connectivity index (χ2n) is 15.4. The minimum Gasteiger partial charge on any atom is -0.328 e. The highest BCUT2D eigenvalue weighted by Crippen LogP contribution is 2.38. The number of imidazole rings is 1. The largest absolute Gasteiger partial charge is 0.328 e. The number of aromatic nitrogens is 4. The third-order valence-electron chi connectivity index (χ3n) is 8.75. The van der Waals surface area contributed by atoms with Gasteiger partial charge in [-0.3, -0.25) is 14.3 Å². The molecule has 6 aromatic rings. The number of benzene rings is 3. The Morgan fingerprint density at radius 1 is 0.717 bits per heavy atom. The summed E-state index contributed by atoms with van der Waals surface area (Å²) in [5.41, 5.74) is 9.32. The highest BCUT2D eigenvalue weighted by molar-refractivity contribution is 6.88. The van der Waals surface area contributed by atoms with E-state index in [0.717, 1.165) is 44.7 Å². The number of para-hydroxylation sites is 2. The van der Waals surface area contributed by atoms with Crippen LogP contribution in [0.2, 0.25) is 19.6 Å². The lowest BCUT2D eigenvalue weighted by molar-refractivity contribution is 0.587. The summed E-state index contributed by atoms with van der Waals surface area (Å²) in [6, 6.07) is 29.7. The third-order valence-corrected chi connectivity index (χ3v) is 10.8. The molecular formula is C40H44N4OSi. The van der Waals surface area contributed by atoms with E-state index in [1.165, 1.54) is 10.8 Å². The monoisotopic (exact) mass is 624 g/mol. The fraction of sp³-hybridized carbons (Fsp3) is 0.275. The molecule has 0 radical (unpaired) electrons. The van der Waals surface area contributed by atoms with E-state index in [9.17, 15) is 4.79 Å². The molecule has 3 heterocycles. The molecule has 6 heteroatoms. The van der Waals surface area contributed by atoms with Gasteiger partial charge in [0, 0.05) is 29.2 Å². The summed E-state index contributed by atoms with van der Waals surface area (Å²) in [7, 11) is -1.47. The van der Waals surface area contributed by atoms with Gasteiger partial charge in [0.1, 0.15) is 0 Å². The van der Waals surface area contributed by atoms with E-state index >= 15 is 0 Å². The fourth-order valence-corrected chi connectivity index (χ4v) is 6.84. The Balaban J connectivity index is 1.62. The van der Waals surface area contributed by atoms with Crippen LogP contribution in [0.4, 0.5) is 0 Å². The number of pyridine rings is 2. The first-order valence-corrected chi connectivity index (χ1v) is 19.5. The maximum absolute atomic E-state index is 13.4. The van der Waals surface area contributed by atoms with Crippen LogP contribution in [0.5, 0.6) is 0 Å². The highest BCUT2D eigenvalue weighted by Gasteiger charge is 2.24. The van der Waals surface area contributed by atoms with Gasteiger partial charge in [0.2, 0.25) is 0 Å². The molecule has 0 aliphatic rings. The molecule has 3 aromatic carbocycles. The van der Waals surface area contributed by atoms with Crippen LogP contribution in [0.3, 0.4) is 0 Å². The molecule has 3 aromatic heterocycles. The van der Waals surface area contributed by atoms with Gasteiger partial charge in [-0.25, -0.2) is 4.98 Å². The van der Waals surface area contributed by atoms with Gasteiger partial charge in [-0.05, 0) is 75.2 Å². The Morgan fingerprint density at radius 2 is 1.41 bits per heavy atom. The van der Waals surface area contributed by atoms with Crippen molar-refractivity contribution in [1.29, 1.82) is 0 Å². The molecule has 0 saturated heterocycles. The molecule has 0 amide bonds. The molecule has 5 nitrogen and oxygen atoms in total. The van der Waals surface area contributed by atoms with Crippen molar-refractivity contribution >= 4 is 24.3 Å². The molecule has 6 rings (SSSR count). The Morgan fingerprint density at radius 3 is 2.04 bits per heavy atom. The van der Waals surface area contributed by atoms with E-state index in [1.807, 2.05) is 30.5 Å². The van der Waals surface area contributed by atoms with Gasteiger partial charge >= 0.3 is 0 Å². The second-order valence-corrected chi connectivity index (χ2v) is 20.5. The van der Waals surface area contributed by atoms with Crippen molar-refractivity contribution in [2.75, 3.05) is 0 Å². The lowest BCUT2D eigenvalue weighted by Crippen LogP contribution is -2.37. The summed E-state index contributed by atoms with van der Waals surface area (Å²) < 4.78 is 2.11. The molecule has 0 fully saturated rings. The molecule has 0 aliphatic carbocycles. The normalized spacial score (nSPS) is 12.5. The average Bonchev–Trinajstić information content (AvgIpc) is 3.40. The third kappa shape index (κ3) is 6.02. The van der Waals surface area contributed by atoms with Crippen LogP contribution in [0.25, 0.3) is 50.5 Å². The first kappa shape index (κ1) is 31.4. The smallest absolute Gasteiger partial charge is 0.258 e. The van der Waals surface area contributed by atoms with E-state index in [2.05, 4.69) is 138 Å². The molecular weight excluding hydrogens is 581 g/mol. The zero-order valence-corrected chi connectivity index (χ0v) is 29.5. The fourth-order valence-electron chi connectivity index (χ4n) is 5.81.